The molecule has 1 fully saturated rings. The number of nitrogens with zero attached hydrogens (tertiary/aromatic N) is 1. The molecule has 1 aliphatic rings. The van der Waals surface area contributed by atoms with Crippen molar-refractivity contribution in [3.8, 4) is 5.75 Å². The molecule has 2 amide bonds. The van der Waals surface area contributed by atoms with Crippen LogP contribution in [-0.4, -0.2) is 34.4 Å². The van der Waals surface area contributed by atoms with Gasteiger partial charge in [-0.25, -0.2) is 0 Å². The van der Waals surface area contributed by atoms with Gasteiger partial charge in [0.2, 0.25) is 11.8 Å². The molecule has 0 unspecified atom stereocenters. The lowest BCUT2D eigenvalue weighted by molar-refractivity contribution is -0.133. The third-order valence-corrected chi connectivity index (χ3v) is 3.34. The summed E-state index contributed by atoms with van der Waals surface area (Å²) in [6.45, 7) is 0.520. The van der Waals surface area contributed by atoms with Gasteiger partial charge in [0.1, 0.15) is 11.8 Å². The molecular weight excluding hydrogens is 258 g/mol. The molecule has 1 heterocycles. The van der Waals surface area contributed by atoms with Gasteiger partial charge in [-0.05, 0) is 37.1 Å². The predicted octanol–water partition coefficient (Wildman–Crippen LogP) is 0.464. The van der Waals surface area contributed by atoms with Crippen molar-refractivity contribution < 1.29 is 14.7 Å². The molecule has 0 aliphatic carbocycles. The standard InChI is InChI=1S/C14H17N3O3/c15-11-5-4-10(18)8-9(11)3-6-13(19)17-7-1-2-12(17)14(16)20/h3-6,8,12,18H,1-2,7,15H2,(H2,16,20)/t12-/m0/s1. The van der Waals surface area contributed by atoms with Crippen molar-refractivity contribution in [1.29, 1.82) is 0 Å². The second-order valence-electron chi connectivity index (χ2n) is 4.74. The Morgan fingerprint density at radius 3 is 2.85 bits per heavy atom. The minimum atomic E-state index is -0.534. The van der Waals surface area contributed by atoms with Crippen molar-refractivity contribution in [3.05, 3.63) is 29.8 Å². The van der Waals surface area contributed by atoms with Crippen LogP contribution in [0.15, 0.2) is 24.3 Å². The smallest absolute Gasteiger partial charge is 0.247 e. The van der Waals surface area contributed by atoms with E-state index in [0.717, 1.165) is 6.42 Å². The van der Waals surface area contributed by atoms with E-state index in [1.54, 1.807) is 6.07 Å². The Morgan fingerprint density at radius 2 is 2.15 bits per heavy atom. The summed E-state index contributed by atoms with van der Waals surface area (Å²) in [4.78, 5) is 24.8. The quantitative estimate of drug-likeness (QED) is 0.423. The van der Waals surface area contributed by atoms with Crippen molar-refractivity contribution in [2.75, 3.05) is 12.3 Å². The number of primary amides is 1. The number of rotatable bonds is 3. The summed E-state index contributed by atoms with van der Waals surface area (Å²) in [6.07, 6.45) is 4.23. The van der Waals surface area contributed by atoms with Gasteiger partial charge in [-0.3, -0.25) is 9.59 Å². The fraction of sp³-hybridized carbons (Fsp3) is 0.286. The molecule has 5 N–H and O–H groups in total. The molecule has 2 rings (SSSR count). The van der Waals surface area contributed by atoms with Crippen LogP contribution in [0.25, 0.3) is 6.08 Å². The van der Waals surface area contributed by atoms with E-state index in [0.29, 0.717) is 24.2 Å². The van der Waals surface area contributed by atoms with Crippen LogP contribution < -0.4 is 11.5 Å². The summed E-state index contributed by atoms with van der Waals surface area (Å²) < 4.78 is 0. The third-order valence-electron chi connectivity index (χ3n) is 3.34. The fourth-order valence-corrected chi connectivity index (χ4v) is 2.29. The maximum Gasteiger partial charge on any atom is 0.247 e. The van der Waals surface area contributed by atoms with Gasteiger partial charge in [0, 0.05) is 23.9 Å². The van der Waals surface area contributed by atoms with Crippen molar-refractivity contribution in [2.45, 2.75) is 18.9 Å². The second-order valence-corrected chi connectivity index (χ2v) is 4.74. The van der Waals surface area contributed by atoms with Crippen LogP contribution in [0, 0.1) is 0 Å². The number of phenols is 1. The molecule has 0 radical (unpaired) electrons. The number of anilines is 1. The molecular formula is C14H17N3O3. The number of benzene rings is 1. The highest BCUT2D eigenvalue weighted by atomic mass is 16.3. The first kappa shape index (κ1) is 13.9. The van der Waals surface area contributed by atoms with Crippen LogP contribution in [0.5, 0.6) is 5.75 Å². The zero-order valence-corrected chi connectivity index (χ0v) is 11.0. The Balaban J connectivity index is 2.13. The zero-order chi connectivity index (χ0) is 14.7. The minimum Gasteiger partial charge on any atom is -0.508 e. The summed E-state index contributed by atoms with van der Waals surface area (Å²) >= 11 is 0. The predicted molar refractivity (Wildman–Crippen MR) is 75.5 cm³/mol. The monoisotopic (exact) mass is 275 g/mol. The first-order chi connectivity index (χ1) is 9.49. The highest BCUT2D eigenvalue weighted by Crippen LogP contribution is 2.21. The van der Waals surface area contributed by atoms with Gasteiger partial charge < -0.3 is 21.5 Å². The Labute approximate surface area is 116 Å². The van der Waals surface area contributed by atoms with Gasteiger partial charge in [-0.1, -0.05) is 0 Å². The number of nitrogens with two attached hydrogens (primary N) is 2. The number of hydrogen-bond donors (Lipinski definition) is 3. The number of phenolic OH excluding ortho intramolecular Hbond substituents is 1. The van der Waals surface area contributed by atoms with Gasteiger partial charge in [-0.2, -0.15) is 0 Å². The minimum absolute atomic E-state index is 0.0717. The number of aromatic hydroxyl groups is 1. The molecule has 1 aromatic rings. The summed E-state index contributed by atoms with van der Waals surface area (Å²) in [6, 6.07) is 3.96. The highest BCUT2D eigenvalue weighted by molar-refractivity contribution is 5.96. The first-order valence-corrected chi connectivity index (χ1v) is 6.35. The van der Waals surface area contributed by atoms with Crippen LogP contribution in [0.3, 0.4) is 0 Å². The highest BCUT2D eigenvalue weighted by Gasteiger charge is 2.31. The molecule has 106 valence electrons. The number of carbonyl (C=O) groups excluding carboxylic acids is 2. The zero-order valence-electron chi connectivity index (χ0n) is 11.0. The summed E-state index contributed by atoms with van der Waals surface area (Å²) in [5, 5.41) is 9.38. The van der Waals surface area contributed by atoms with E-state index in [4.69, 9.17) is 11.5 Å². The van der Waals surface area contributed by atoms with E-state index in [1.165, 1.54) is 29.2 Å². The summed E-state index contributed by atoms with van der Waals surface area (Å²) in [7, 11) is 0. The topological polar surface area (TPSA) is 110 Å². The van der Waals surface area contributed by atoms with E-state index in [9.17, 15) is 14.7 Å². The number of amides is 2. The lowest BCUT2D eigenvalue weighted by atomic mass is 10.1. The molecule has 20 heavy (non-hydrogen) atoms. The summed E-state index contributed by atoms with van der Waals surface area (Å²) in [5.41, 5.74) is 12.0. The normalized spacial score (nSPS) is 18.6. The molecule has 0 aromatic heterocycles. The van der Waals surface area contributed by atoms with Gasteiger partial charge in [0.25, 0.3) is 0 Å². The lowest BCUT2D eigenvalue weighted by Crippen LogP contribution is -2.43. The average Bonchev–Trinajstić information content (AvgIpc) is 2.89. The molecule has 6 heteroatoms. The molecule has 0 spiro atoms. The number of likely N-dealkylation sites (tertiary alicyclic amines) is 1. The lowest BCUT2D eigenvalue weighted by Gasteiger charge is -2.20. The fourth-order valence-electron chi connectivity index (χ4n) is 2.29. The molecule has 1 aliphatic heterocycles. The largest absolute Gasteiger partial charge is 0.508 e. The van der Waals surface area contributed by atoms with Crippen molar-refractivity contribution in [3.63, 3.8) is 0 Å². The maximum atomic E-state index is 12.1. The molecule has 1 saturated heterocycles. The Kier molecular flexibility index (Phi) is 3.93. The van der Waals surface area contributed by atoms with Gasteiger partial charge in [0.05, 0.1) is 0 Å². The van der Waals surface area contributed by atoms with E-state index < -0.39 is 11.9 Å². The Morgan fingerprint density at radius 1 is 1.40 bits per heavy atom. The van der Waals surface area contributed by atoms with Crippen LogP contribution in [0.2, 0.25) is 0 Å². The Hall–Kier alpha value is -2.50. The maximum absolute atomic E-state index is 12.1. The summed E-state index contributed by atoms with van der Waals surface area (Å²) in [5.74, 6) is -0.697. The van der Waals surface area contributed by atoms with Gasteiger partial charge in [-0.15, -0.1) is 0 Å². The van der Waals surface area contributed by atoms with Gasteiger partial charge in [0.15, 0.2) is 0 Å². The average molecular weight is 275 g/mol. The van der Waals surface area contributed by atoms with Crippen LogP contribution in [0.1, 0.15) is 18.4 Å². The number of carbonyl (C=O) groups is 2. The van der Waals surface area contributed by atoms with E-state index >= 15 is 0 Å². The second kappa shape index (κ2) is 5.64. The molecule has 0 saturated carbocycles. The van der Waals surface area contributed by atoms with Crippen molar-refractivity contribution in [2.24, 2.45) is 5.73 Å². The molecule has 0 bridgehead atoms. The van der Waals surface area contributed by atoms with Crippen molar-refractivity contribution in [1.82, 2.24) is 4.90 Å². The SMILES string of the molecule is NC(=O)[C@@H]1CCCN1C(=O)C=Cc1cc(O)ccc1N. The van der Waals surface area contributed by atoms with E-state index in [1.807, 2.05) is 0 Å². The van der Waals surface area contributed by atoms with Crippen molar-refractivity contribution >= 4 is 23.6 Å². The Bertz CT molecular complexity index is 569. The molecule has 6 nitrogen and oxygen atoms in total. The van der Waals surface area contributed by atoms with Crippen LogP contribution >= 0.6 is 0 Å². The van der Waals surface area contributed by atoms with Crippen LogP contribution in [-0.2, 0) is 9.59 Å². The third kappa shape index (κ3) is 2.90. The number of nitrogen functional groups attached to an aromatic ring is 1. The van der Waals surface area contributed by atoms with E-state index in [2.05, 4.69) is 0 Å². The van der Waals surface area contributed by atoms with E-state index in [-0.39, 0.29) is 11.7 Å². The van der Waals surface area contributed by atoms with Crippen LogP contribution in [0.4, 0.5) is 5.69 Å². The number of hydrogen-bond acceptors (Lipinski definition) is 4. The molecule has 1 aromatic carbocycles. The van der Waals surface area contributed by atoms with Gasteiger partial charge >= 0.3 is 0 Å². The first-order valence-electron chi connectivity index (χ1n) is 6.35. The molecule has 1 atom stereocenters.